The van der Waals surface area contributed by atoms with Crippen LogP contribution in [0.1, 0.15) is 60.1 Å². The summed E-state index contributed by atoms with van der Waals surface area (Å²) >= 11 is 0. The Bertz CT molecular complexity index is 310. The van der Waals surface area contributed by atoms with E-state index < -0.39 is 0 Å². The second-order valence-electron chi connectivity index (χ2n) is 4.90. The quantitative estimate of drug-likeness (QED) is 0.691. The highest BCUT2D eigenvalue weighted by atomic mass is 16.5. The van der Waals surface area contributed by atoms with Gasteiger partial charge in [-0.25, -0.2) is 0 Å². The normalized spacial score (nSPS) is 14.5. The molecule has 0 radical (unpaired) electrons. The fraction of sp³-hybridized carbons (Fsp3) is 0.842. The molecule has 1 aliphatic rings. The van der Waals surface area contributed by atoms with Crippen molar-refractivity contribution >= 4 is 0 Å². The van der Waals surface area contributed by atoms with Crippen molar-refractivity contribution in [2.75, 3.05) is 46.4 Å². The van der Waals surface area contributed by atoms with Gasteiger partial charge in [-0.05, 0) is 26.4 Å². The largest absolute Gasteiger partial charge is 0.375 e. The maximum absolute atomic E-state index is 5.54. The van der Waals surface area contributed by atoms with Gasteiger partial charge in [-0.15, -0.1) is 0 Å². The van der Waals surface area contributed by atoms with Gasteiger partial charge in [-0.1, -0.05) is 46.7 Å². The fourth-order valence-corrected chi connectivity index (χ4v) is 2.10. The van der Waals surface area contributed by atoms with Crippen LogP contribution >= 0.6 is 0 Å². The Morgan fingerprint density at radius 2 is 1.62 bits per heavy atom. The summed E-state index contributed by atoms with van der Waals surface area (Å²) in [6, 6.07) is 1.84. The number of nitrogens with zero attached hydrogens (tertiary/aromatic N) is 3. The molecule has 24 heavy (non-hydrogen) atoms. The lowest BCUT2D eigenvalue weighted by Gasteiger charge is -2.32. The molecule has 1 saturated heterocycles. The van der Waals surface area contributed by atoms with Gasteiger partial charge < -0.3 is 19.1 Å². The number of likely N-dealkylation sites (N-methyl/N-ethyl adjacent to an activating group) is 1. The maximum atomic E-state index is 5.54. The molecule has 0 atom stereocenters. The van der Waals surface area contributed by atoms with Crippen molar-refractivity contribution in [1.82, 2.24) is 15.0 Å². The lowest BCUT2D eigenvalue weighted by atomic mass is 10.2. The molecule has 1 aliphatic heterocycles. The maximum Gasteiger partial charge on any atom is 0.124 e. The molecule has 0 saturated carbocycles. The molecule has 2 rings (SSSR count). The van der Waals surface area contributed by atoms with Gasteiger partial charge in [0.2, 0.25) is 0 Å². The molecule has 0 unspecified atom stereocenters. The predicted molar refractivity (Wildman–Crippen MR) is 103 cm³/mol. The van der Waals surface area contributed by atoms with Crippen molar-refractivity contribution in [2.45, 2.75) is 61.0 Å². The number of hydrogen-bond acceptors (Lipinski definition) is 5. The summed E-state index contributed by atoms with van der Waals surface area (Å²) in [5, 5.41) is 3.80. The second-order valence-corrected chi connectivity index (χ2v) is 4.90. The molecular weight excluding hydrogens is 302 g/mol. The lowest BCUT2D eigenvalue weighted by Crippen LogP contribution is -2.44. The first-order chi connectivity index (χ1) is 11.8. The van der Waals surface area contributed by atoms with Crippen molar-refractivity contribution in [2.24, 2.45) is 0 Å². The Labute approximate surface area is 150 Å². The predicted octanol–water partition coefficient (Wildman–Crippen LogP) is 4.30. The minimum atomic E-state index is 0.561. The van der Waals surface area contributed by atoms with E-state index in [0.717, 1.165) is 18.7 Å². The SMILES string of the molecule is CC.CC.CC.CN1CCN(CCCCOCc2ccon2)CC1. The number of rotatable bonds is 7. The standard InChI is InChI=1S/C13H23N3O2.3C2H6/c1-15-6-8-16(9-7-15)5-2-3-10-17-12-13-4-11-18-14-13;3*1-2/h4,11H,2-3,5-10,12H2,1H3;3*1-2H3. The van der Waals surface area contributed by atoms with Gasteiger partial charge in [-0.3, -0.25) is 0 Å². The summed E-state index contributed by atoms with van der Waals surface area (Å²) in [7, 11) is 2.19. The highest BCUT2D eigenvalue weighted by Crippen LogP contribution is 2.03. The van der Waals surface area contributed by atoms with Crippen LogP contribution in [0.25, 0.3) is 0 Å². The monoisotopic (exact) mass is 343 g/mol. The lowest BCUT2D eigenvalue weighted by molar-refractivity contribution is 0.105. The minimum Gasteiger partial charge on any atom is -0.375 e. The van der Waals surface area contributed by atoms with E-state index in [4.69, 9.17) is 9.26 Å². The van der Waals surface area contributed by atoms with Crippen LogP contribution in [0.3, 0.4) is 0 Å². The van der Waals surface area contributed by atoms with Gasteiger partial charge in [0.05, 0.1) is 6.61 Å². The molecule has 0 amide bonds. The van der Waals surface area contributed by atoms with Crippen molar-refractivity contribution in [3.05, 3.63) is 18.0 Å². The summed E-state index contributed by atoms with van der Waals surface area (Å²) < 4.78 is 10.3. The van der Waals surface area contributed by atoms with Crippen LogP contribution in [0.5, 0.6) is 0 Å². The average molecular weight is 344 g/mol. The zero-order valence-electron chi connectivity index (χ0n) is 17.2. The van der Waals surface area contributed by atoms with Crippen LogP contribution in [-0.4, -0.2) is 61.3 Å². The van der Waals surface area contributed by atoms with Crippen molar-refractivity contribution < 1.29 is 9.26 Å². The third kappa shape index (κ3) is 13.5. The van der Waals surface area contributed by atoms with Gasteiger partial charge in [0.15, 0.2) is 0 Å². The van der Waals surface area contributed by atoms with E-state index in [1.807, 2.05) is 47.6 Å². The van der Waals surface area contributed by atoms with Crippen LogP contribution in [0, 0.1) is 0 Å². The van der Waals surface area contributed by atoms with Gasteiger partial charge in [0, 0.05) is 38.9 Å². The Hall–Kier alpha value is -0.910. The van der Waals surface area contributed by atoms with Crippen LogP contribution < -0.4 is 0 Å². The summed E-state index contributed by atoms with van der Waals surface area (Å²) in [5.41, 5.74) is 0.870. The summed E-state index contributed by atoms with van der Waals surface area (Å²) in [5.74, 6) is 0. The molecule has 1 aromatic rings. The van der Waals surface area contributed by atoms with E-state index in [-0.39, 0.29) is 0 Å². The number of unbranched alkanes of at least 4 members (excludes halogenated alkanes) is 1. The second kappa shape index (κ2) is 20.1. The average Bonchev–Trinajstić information content (AvgIpc) is 3.18. The molecule has 0 aliphatic carbocycles. The van der Waals surface area contributed by atoms with Gasteiger partial charge >= 0.3 is 0 Å². The zero-order chi connectivity index (χ0) is 18.6. The molecule has 1 aromatic heterocycles. The molecular formula is C19H41N3O2. The summed E-state index contributed by atoms with van der Waals surface area (Å²) in [6.45, 7) is 19.4. The summed E-state index contributed by atoms with van der Waals surface area (Å²) in [6.07, 6.45) is 3.90. The van der Waals surface area contributed by atoms with Crippen molar-refractivity contribution in [3.8, 4) is 0 Å². The third-order valence-electron chi connectivity index (χ3n) is 3.35. The van der Waals surface area contributed by atoms with Crippen LogP contribution in [-0.2, 0) is 11.3 Å². The number of aromatic nitrogens is 1. The smallest absolute Gasteiger partial charge is 0.124 e. The Kier molecular flexibility index (Phi) is 21.3. The molecule has 0 N–H and O–H groups in total. The topological polar surface area (TPSA) is 41.7 Å². The van der Waals surface area contributed by atoms with Crippen molar-refractivity contribution in [3.63, 3.8) is 0 Å². The Morgan fingerprint density at radius 3 is 2.17 bits per heavy atom. The van der Waals surface area contributed by atoms with Crippen LogP contribution in [0.15, 0.2) is 16.9 Å². The molecule has 1 fully saturated rings. The molecule has 0 bridgehead atoms. The Morgan fingerprint density at radius 1 is 1.00 bits per heavy atom. The van der Waals surface area contributed by atoms with Gasteiger partial charge in [0.25, 0.3) is 0 Å². The Balaban J connectivity index is 0. The van der Waals surface area contributed by atoms with E-state index in [1.54, 1.807) is 6.26 Å². The molecule has 5 heteroatoms. The van der Waals surface area contributed by atoms with Crippen LogP contribution in [0.4, 0.5) is 0 Å². The fourth-order valence-electron chi connectivity index (χ4n) is 2.10. The first-order valence-corrected chi connectivity index (χ1v) is 9.72. The number of hydrogen-bond donors (Lipinski definition) is 0. The van der Waals surface area contributed by atoms with E-state index in [9.17, 15) is 0 Å². The van der Waals surface area contributed by atoms with Gasteiger partial charge in [0.1, 0.15) is 12.0 Å². The number of piperazine rings is 1. The first-order valence-electron chi connectivity index (χ1n) is 9.72. The van der Waals surface area contributed by atoms with E-state index in [2.05, 4.69) is 22.0 Å². The van der Waals surface area contributed by atoms with Crippen LogP contribution in [0.2, 0.25) is 0 Å². The first kappa shape index (κ1) is 25.3. The van der Waals surface area contributed by atoms with E-state index in [1.165, 1.54) is 39.1 Å². The molecule has 144 valence electrons. The van der Waals surface area contributed by atoms with E-state index >= 15 is 0 Å². The van der Waals surface area contributed by atoms with Crippen molar-refractivity contribution in [1.29, 1.82) is 0 Å². The van der Waals surface area contributed by atoms with E-state index in [0.29, 0.717) is 6.61 Å². The highest BCUT2D eigenvalue weighted by molar-refractivity contribution is 4.92. The molecule has 2 heterocycles. The molecule has 0 spiro atoms. The highest BCUT2D eigenvalue weighted by Gasteiger charge is 2.12. The minimum absolute atomic E-state index is 0.561. The molecule has 5 nitrogen and oxygen atoms in total. The summed E-state index contributed by atoms with van der Waals surface area (Å²) in [4.78, 5) is 4.93. The zero-order valence-corrected chi connectivity index (χ0v) is 17.2. The molecule has 0 aromatic carbocycles. The third-order valence-corrected chi connectivity index (χ3v) is 3.35. The number of ether oxygens (including phenoxy) is 1. The van der Waals surface area contributed by atoms with Gasteiger partial charge in [-0.2, -0.15) is 0 Å².